The smallest absolute Gasteiger partial charge is 0.236 e. The quantitative estimate of drug-likeness (QED) is 0.0520. The minimum absolute atomic E-state index is 0.209. The molecular formula is C22H35Cl2F2N7O3. The molecule has 1 aromatic heterocycles. The molecule has 0 amide bonds. The van der Waals surface area contributed by atoms with Crippen molar-refractivity contribution in [2.75, 3.05) is 18.5 Å². The van der Waals surface area contributed by atoms with E-state index in [4.69, 9.17) is 34.8 Å². The average Bonchev–Trinajstić information content (AvgIpc) is 2.82. The lowest BCUT2D eigenvalue weighted by atomic mass is 9.96. The number of carbonyl (C=O) groups excluding carboxylic acids is 3. The number of nitrogens with zero attached hydrogens (tertiary/aromatic N) is 1. The van der Waals surface area contributed by atoms with Gasteiger partial charge in [-0.15, -0.1) is 0 Å². The number of unbranched alkanes of at least 4 members (excludes halogenated alkanes) is 1. The van der Waals surface area contributed by atoms with Gasteiger partial charge in [-0.2, -0.15) is 13.8 Å². The summed E-state index contributed by atoms with van der Waals surface area (Å²) in [7, 11) is 0. The number of aromatic nitrogens is 1. The Labute approximate surface area is 219 Å². The first-order valence-corrected chi connectivity index (χ1v) is 12.4. The molecule has 8 N–H and O–H groups in total. The number of pyridine rings is 1. The topological polar surface area (TPSA) is 164 Å². The first-order valence-electron chi connectivity index (χ1n) is 11.6. The van der Waals surface area contributed by atoms with Crippen LogP contribution in [0.2, 0.25) is 10.0 Å². The third-order valence-electron chi connectivity index (χ3n) is 5.42. The Morgan fingerprint density at radius 1 is 0.972 bits per heavy atom. The van der Waals surface area contributed by atoms with Crippen molar-refractivity contribution in [1.82, 2.24) is 21.2 Å². The third kappa shape index (κ3) is 10.3. The van der Waals surface area contributed by atoms with Crippen LogP contribution in [0.3, 0.4) is 0 Å². The fraction of sp³-hybridized carbons (Fsp3) is 0.636. The molecule has 0 saturated heterocycles. The van der Waals surface area contributed by atoms with Crippen molar-refractivity contribution in [2.24, 2.45) is 17.5 Å². The summed E-state index contributed by atoms with van der Waals surface area (Å²) in [4.78, 5) is 40.7. The summed E-state index contributed by atoms with van der Waals surface area (Å²) in [5.74, 6) is 2.05. The Hall–Kier alpha value is -1.80. The van der Waals surface area contributed by atoms with Gasteiger partial charge >= 0.3 is 0 Å². The van der Waals surface area contributed by atoms with Crippen LogP contribution in [0.15, 0.2) is 0 Å². The molecule has 0 saturated carbocycles. The van der Waals surface area contributed by atoms with Gasteiger partial charge in [-0.3, -0.25) is 20.2 Å². The lowest BCUT2D eigenvalue weighted by Gasteiger charge is -2.22. The van der Waals surface area contributed by atoms with Gasteiger partial charge in [0.05, 0.1) is 36.8 Å². The van der Waals surface area contributed by atoms with Gasteiger partial charge in [-0.05, 0) is 38.6 Å². The van der Waals surface area contributed by atoms with Crippen LogP contribution in [0.5, 0.6) is 0 Å². The second kappa shape index (κ2) is 16.1. The van der Waals surface area contributed by atoms with Crippen LogP contribution in [-0.2, 0) is 14.4 Å². The molecule has 1 heterocycles. The van der Waals surface area contributed by atoms with Gasteiger partial charge in [0.2, 0.25) is 11.9 Å². The molecule has 0 unspecified atom stereocenters. The van der Waals surface area contributed by atoms with Gasteiger partial charge in [-0.1, -0.05) is 43.5 Å². The molecule has 3 atom stereocenters. The number of ketones is 3. The summed E-state index contributed by atoms with van der Waals surface area (Å²) >= 11 is 11.6. The van der Waals surface area contributed by atoms with E-state index in [9.17, 15) is 23.2 Å². The van der Waals surface area contributed by atoms with Crippen molar-refractivity contribution in [2.45, 2.75) is 71.0 Å². The number of nitrogens with one attached hydrogen (secondary N) is 4. The van der Waals surface area contributed by atoms with E-state index in [0.717, 1.165) is 0 Å². The number of hydrazine groups is 2. The zero-order valence-electron chi connectivity index (χ0n) is 20.6. The van der Waals surface area contributed by atoms with Gasteiger partial charge in [0.25, 0.3) is 0 Å². The first kappa shape index (κ1) is 32.2. The van der Waals surface area contributed by atoms with Crippen molar-refractivity contribution < 1.29 is 23.2 Å². The number of halogens is 4. The van der Waals surface area contributed by atoms with Crippen LogP contribution in [0, 0.1) is 17.8 Å². The molecule has 0 spiro atoms. The van der Waals surface area contributed by atoms with E-state index in [-0.39, 0.29) is 41.9 Å². The number of hydrogen-bond acceptors (Lipinski definition) is 10. The number of anilines is 1. The fourth-order valence-corrected chi connectivity index (χ4v) is 3.68. The zero-order valence-corrected chi connectivity index (χ0v) is 22.1. The molecule has 0 aliphatic heterocycles. The number of rotatable bonds is 18. The molecule has 0 fully saturated rings. The van der Waals surface area contributed by atoms with E-state index in [1.807, 2.05) is 13.8 Å². The summed E-state index contributed by atoms with van der Waals surface area (Å²) in [5.41, 5.74) is 12.8. The fourth-order valence-electron chi connectivity index (χ4n) is 3.27. The molecule has 0 aromatic carbocycles. The van der Waals surface area contributed by atoms with E-state index >= 15 is 0 Å². The Balaban J connectivity index is 2.77. The van der Waals surface area contributed by atoms with Gasteiger partial charge in [0, 0.05) is 0 Å². The summed E-state index contributed by atoms with van der Waals surface area (Å²) in [6.45, 7) is 5.62. The van der Waals surface area contributed by atoms with Crippen molar-refractivity contribution in [1.29, 1.82) is 0 Å². The molecule has 0 radical (unpaired) electrons. The lowest BCUT2D eigenvalue weighted by Crippen LogP contribution is -2.48. The maximum atomic E-state index is 13.7. The van der Waals surface area contributed by atoms with Gasteiger partial charge < -0.3 is 16.5 Å². The van der Waals surface area contributed by atoms with Crippen molar-refractivity contribution in [3.05, 3.63) is 21.9 Å². The molecule has 0 aliphatic carbocycles. The van der Waals surface area contributed by atoms with E-state index in [0.29, 0.717) is 32.2 Å². The number of Topliss-reactive ketones (excluding diaryl/α,β-unsaturated/α-hetero) is 3. The molecule has 36 heavy (non-hydrogen) atoms. The highest BCUT2D eigenvalue weighted by atomic mass is 35.5. The zero-order chi connectivity index (χ0) is 27.4. The summed E-state index contributed by atoms with van der Waals surface area (Å²) in [6, 6.07) is -2.25. The van der Waals surface area contributed by atoms with Gasteiger partial charge in [0.15, 0.2) is 17.3 Å². The molecule has 14 heteroatoms. The molecule has 0 aliphatic rings. The second-order valence-corrected chi connectivity index (χ2v) is 9.59. The van der Waals surface area contributed by atoms with Crippen LogP contribution in [0.4, 0.5) is 14.5 Å². The number of hydrogen-bond donors (Lipinski definition) is 6. The first-order chi connectivity index (χ1) is 16.9. The van der Waals surface area contributed by atoms with E-state index < -0.39 is 40.1 Å². The predicted molar refractivity (Wildman–Crippen MR) is 135 cm³/mol. The highest BCUT2D eigenvalue weighted by Crippen LogP contribution is 2.32. The maximum Gasteiger partial charge on any atom is 0.236 e. The van der Waals surface area contributed by atoms with Crippen molar-refractivity contribution in [3.8, 4) is 0 Å². The van der Waals surface area contributed by atoms with Crippen LogP contribution >= 0.6 is 23.2 Å². The van der Waals surface area contributed by atoms with Crippen LogP contribution < -0.4 is 33.2 Å². The molecule has 204 valence electrons. The SMILES string of the molecule is CC(C)C[C@H](NN)C(=O)CC(=O)[C@H](C)NCC(=O)[C@H](CCCCN)NNc1c(Cl)c(F)nc(F)c1Cl. The van der Waals surface area contributed by atoms with Crippen LogP contribution in [0.1, 0.15) is 52.9 Å². The summed E-state index contributed by atoms with van der Waals surface area (Å²) in [6.07, 6.45) is 1.71. The highest BCUT2D eigenvalue weighted by molar-refractivity contribution is 6.39. The minimum atomic E-state index is -1.27. The number of carbonyl (C=O) groups is 3. The second-order valence-electron chi connectivity index (χ2n) is 8.83. The standard InChI is InChI=1S/C22H35Cl2F2N7O3/c1-11(2)8-14(31-28)16(35)9-15(34)12(3)29-10-17(36)13(6-4-5-7-27)32-33-20-18(23)21(25)30-22(26)19(20)24/h11-14,29,31-32H,4-10,27-28H2,1-3H3,(H,30,33)/t12-,13-,14-/m0/s1. The largest absolute Gasteiger partial charge is 0.330 e. The third-order valence-corrected chi connectivity index (χ3v) is 6.11. The molecule has 10 nitrogen and oxygen atoms in total. The number of nitrogens with two attached hydrogens (primary N) is 2. The van der Waals surface area contributed by atoms with Gasteiger partial charge in [-0.25, -0.2) is 10.9 Å². The van der Waals surface area contributed by atoms with Gasteiger partial charge in [0.1, 0.15) is 10.0 Å². The maximum absolute atomic E-state index is 13.7. The van der Waals surface area contributed by atoms with Crippen LogP contribution in [-0.4, -0.2) is 53.5 Å². The van der Waals surface area contributed by atoms with E-state index in [1.165, 1.54) is 0 Å². The summed E-state index contributed by atoms with van der Waals surface area (Å²) < 4.78 is 27.4. The normalized spacial score (nSPS) is 13.9. The predicted octanol–water partition coefficient (Wildman–Crippen LogP) is 2.03. The Kier molecular flexibility index (Phi) is 14.4. The Bertz CT molecular complexity index is 883. The molecular weight excluding hydrogens is 519 g/mol. The molecule has 1 aromatic rings. The van der Waals surface area contributed by atoms with Crippen LogP contribution in [0.25, 0.3) is 0 Å². The van der Waals surface area contributed by atoms with E-state index in [2.05, 4.69) is 26.6 Å². The minimum Gasteiger partial charge on any atom is -0.330 e. The van der Waals surface area contributed by atoms with Crippen molar-refractivity contribution >= 4 is 46.2 Å². The monoisotopic (exact) mass is 553 g/mol. The average molecular weight is 554 g/mol. The molecule has 1 rings (SSSR count). The van der Waals surface area contributed by atoms with Crippen molar-refractivity contribution in [3.63, 3.8) is 0 Å². The lowest BCUT2D eigenvalue weighted by molar-refractivity contribution is -0.129. The Morgan fingerprint density at radius 3 is 2.11 bits per heavy atom. The summed E-state index contributed by atoms with van der Waals surface area (Å²) in [5, 5.41) is 1.72. The highest BCUT2D eigenvalue weighted by Gasteiger charge is 2.25. The Morgan fingerprint density at radius 2 is 1.58 bits per heavy atom. The van der Waals surface area contributed by atoms with E-state index in [1.54, 1.807) is 6.92 Å². The molecule has 0 bridgehead atoms.